The summed E-state index contributed by atoms with van der Waals surface area (Å²) in [5, 5.41) is 22.6. The molecule has 12 heteroatoms. The average Bonchev–Trinajstić information content (AvgIpc) is 2.71. The number of aliphatic hydroxyl groups is 1. The minimum atomic E-state index is -0.631. The summed E-state index contributed by atoms with van der Waals surface area (Å²) < 4.78 is 9.67. The van der Waals surface area contributed by atoms with Crippen LogP contribution in [0.4, 0.5) is 5.69 Å². The van der Waals surface area contributed by atoms with Crippen LogP contribution < -0.4 is 5.32 Å². The van der Waals surface area contributed by atoms with E-state index in [0.29, 0.717) is 33.5 Å². The molecule has 30 heavy (non-hydrogen) atoms. The fraction of sp³-hybridized carbons (Fsp3) is 0.444. The van der Waals surface area contributed by atoms with Crippen molar-refractivity contribution in [3.63, 3.8) is 0 Å². The predicted octanol–water partition coefficient (Wildman–Crippen LogP) is 0.0452. The van der Waals surface area contributed by atoms with E-state index in [1.807, 2.05) is 0 Å². The van der Waals surface area contributed by atoms with Gasteiger partial charge in [-0.3, -0.25) is 14.9 Å². The van der Waals surface area contributed by atoms with Gasteiger partial charge in [0.05, 0.1) is 17.1 Å². The van der Waals surface area contributed by atoms with Gasteiger partial charge in [-0.1, -0.05) is 6.07 Å². The van der Waals surface area contributed by atoms with E-state index in [0.717, 1.165) is 0 Å². The summed E-state index contributed by atoms with van der Waals surface area (Å²) in [4.78, 5) is 55.7. The van der Waals surface area contributed by atoms with Crippen LogP contribution in [-0.2, 0) is 41.8 Å². The second-order valence-corrected chi connectivity index (χ2v) is 7.41. The van der Waals surface area contributed by atoms with Gasteiger partial charge < -0.3 is 10.4 Å². The van der Waals surface area contributed by atoms with E-state index in [1.165, 1.54) is 18.2 Å². The Morgan fingerprint density at radius 1 is 1.03 bits per heavy atom. The van der Waals surface area contributed by atoms with Crippen molar-refractivity contribution in [2.45, 2.75) is 38.8 Å². The SMILES string of the molecule is O=[C]([Na])CCC(=O)OCCOC(=O)CCC(=O)NCc1ccc([N+](=O)[O-])c(CO)c1. The maximum atomic E-state index is 11.8. The van der Waals surface area contributed by atoms with E-state index in [-0.39, 0.29) is 59.7 Å². The third-order valence-corrected chi connectivity index (χ3v) is 4.35. The Kier molecular flexibility index (Phi) is 11.8. The van der Waals surface area contributed by atoms with Crippen molar-refractivity contribution in [2.24, 2.45) is 0 Å². The van der Waals surface area contributed by atoms with E-state index in [9.17, 15) is 34.4 Å². The molecule has 1 aromatic rings. The van der Waals surface area contributed by atoms with Crippen molar-refractivity contribution in [1.29, 1.82) is 0 Å². The van der Waals surface area contributed by atoms with Crippen LogP contribution in [0.5, 0.6) is 0 Å². The van der Waals surface area contributed by atoms with Crippen molar-refractivity contribution in [2.75, 3.05) is 13.2 Å². The van der Waals surface area contributed by atoms with Crippen molar-refractivity contribution < 1.29 is 38.7 Å². The molecule has 2 N–H and O–H groups in total. The number of esters is 2. The summed E-state index contributed by atoms with van der Waals surface area (Å²) in [6.45, 7) is -0.692. The second-order valence-electron chi connectivity index (χ2n) is 6.30. The van der Waals surface area contributed by atoms with Gasteiger partial charge in [-0.05, 0) is 11.6 Å². The number of hydrogen-bond donors (Lipinski definition) is 2. The Morgan fingerprint density at radius 2 is 1.63 bits per heavy atom. The van der Waals surface area contributed by atoms with Gasteiger partial charge in [-0.25, -0.2) is 0 Å². The fourth-order valence-electron chi connectivity index (χ4n) is 2.29. The number of nitrogens with one attached hydrogen (secondary N) is 1. The van der Waals surface area contributed by atoms with Gasteiger partial charge in [0.25, 0.3) is 5.69 Å². The van der Waals surface area contributed by atoms with E-state index in [1.54, 1.807) is 0 Å². The van der Waals surface area contributed by atoms with Gasteiger partial charge in [0, 0.05) is 12.6 Å². The van der Waals surface area contributed by atoms with Gasteiger partial charge in [0.1, 0.15) is 0 Å². The average molecular weight is 432 g/mol. The molecule has 158 valence electrons. The third kappa shape index (κ3) is 10.4. The number of carbonyl (C=O) groups excluding carboxylic acids is 4. The summed E-state index contributed by atoms with van der Waals surface area (Å²) in [5.41, 5.74) is 0.496. The first-order chi connectivity index (χ1) is 14.2. The quantitative estimate of drug-likeness (QED) is 0.144. The molecule has 0 aliphatic rings. The van der Waals surface area contributed by atoms with Crippen LogP contribution in [0.2, 0.25) is 0 Å². The molecule has 0 fully saturated rings. The molecule has 0 bridgehead atoms. The van der Waals surface area contributed by atoms with Gasteiger partial charge >= 0.3 is 112 Å². The number of hydrogen-bond acceptors (Lipinski definition) is 9. The fourth-order valence-corrected chi connectivity index (χ4v) is 2.54. The van der Waals surface area contributed by atoms with E-state index in [4.69, 9.17) is 9.47 Å². The van der Waals surface area contributed by atoms with Crippen LogP contribution in [-0.4, -0.2) is 72.1 Å². The van der Waals surface area contributed by atoms with E-state index < -0.39 is 29.4 Å². The van der Waals surface area contributed by atoms with E-state index >= 15 is 0 Å². The molecule has 0 aromatic heterocycles. The van der Waals surface area contributed by atoms with Crippen LogP contribution in [0.15, 0.2) is 18.2 Å². The van der Waals surface area contributed by atoms with Gasteiger partial charge in [-0.2, -0.15) is 0 Å². The van der Waals surface area contributed by atoms with Crippen LogP contribution >= 0.6 is 0 Å². The van der Waals surface area contributed by atoms with Crippen LogP contribution in [0.1, 0.15) is 36.8 Å². The summed E-state index contributed by atoms with van der Waals surface area (Å²) in [6, 6.07) is 4.14. The standard InChI is InChI=1S/C18H21N2O9.Na/c21-7-1-2-17(24)28-8-9-29-18(25)6-5-16(23)19-11-13-3-4-15(20(26)27)14(10-13)12-22;/h3-4,10,22H,1-2,5-6,8-9,11-12H2,(H,19,23);. The number of nitro groups is 1. The van der Waals surface area contributed by atoms with E-state index in [2.05, 4.69) is 5.32 Å². The minimum Gasteiger partial charge on any atom is -0.391 e. The molecule has 0 atom stereocenters. The van der Waals surface area contributed by atoms with Crippen molar-refractivity contribution in [1.82, 2.24) is 5.32 Å². The minimum absolute atomic E-state index is 0.00497. The van der Waals surface area contributed by atoms with Gasteiger partial charge in [0.2, 0.25) is 0 Å². The summed E-state index contributed by atoms with van der Waals surface area (Å²) in [5.74, 6) is -1.59. The zero-order valence-electron chi connectivity index (χ0n) is 16.5. The molecule has 1 aromatic carbocycles. The number of nitro benzene ring substituents is 1. The van der Waals surface area contributed by atoms with Crippen LogP contribution in [0, 0.1) is 10.1 Å². The second kappa shape index (κ2) is 13.8. The Hall–Kier alpha value is -2.34. The monoisotopic (exact) mass is 432 g/mol. The first kappa shape index (κ1) is 25.7. The molecule has 11 nitrogen and oxygen atoms in total. The normalized spacial score (nSPS) is 10.2. The van der Waals surface area contributed by atoms with Gasteiger partial charge in [0.15, 0.2) is 0 Å². The predicted molar refractivity (Wildman–Crippen MR) is 102 cm³/mol. The molecule has 0 saturated heterocycles. The molecule has 0 aliphatic heterocycles. The van der Waals surface area contributed by atoms with Gasteiger partial charge in [-0.15, -0.1) is 0 Å². The first-order valence-corrected chi connectivity index (χ1v) is 10.2. The van der Waals surface area contributed by atoms with Crippen molar-refractivity contribution in [3.05, 3.63) is 39.4 Å². The summed E-state index contributed by atoms with van der Waals surface area (Å²) in [6.07, 6.45) is -0.135. The third-order valence-electron chi connectivity index (χ3n) is 3.85. The number of amides is 1. The molecule has 1 rings (SSSR count). The molecule has 1 amide bonds. The number of ether oxygens (including phenoxy) is 2. The molecular weight excluding hydrogens is 411 g/mol. The zero-order chi connectivity index (χ0) is 22.5. The Bertz CT molecular complexity index is 798. The maximum absolute atomic E-state index is 11.8. The topological polar surface area (TPSA) is 162 Å². The Labute approximate surface area is 189 Å². The number of benzene rings is 1. The number of nitrogens with zero attached hydrogens (tertiary/aromatic N) is 1. The number of carbonyl (C=O) groups is 4. The number of rotatable bonds is 13. The smallest absolute Gasteiger partial charge is 0.391 e. The molecular formula is C18H21N2NaO9. The summed E-state index contributed by atoms with van der Waals surface area (Å²) >= 11 is 0.384. The Morgan fingerprint density at radius 3 is 2.17 bits per heavy atom. The zero-order valence-corrected chi connectivity index (χ0v) is 18.5. The molecule has 0 spiro atoms. The van der Waals surface area contributed by atoms with Crippen molar-refractivity contribution in [3.8, 4) is 0 Å². The number of aliphatic hydroxyl groups excluding tert-OH is 1. The molecule has 0 aliphatic carbocycles. The Balaban J connectivity index is 2.25. The van der Waals surface area contributed by atoms with Crippen molar-refractivity contribution >= 4 is 54.5 Å². The first-order valence-electron chi connectivity index (χ1n) is 9.17. The molecule has 0 heterocycles. The molecule has 0 unspecified atom stereocenters. The van der Waals surface area contributed by atoms with Crippen LogP contribution in [0.3, 0.4) is 0 Å². The summed E-state index contributed by atoms with van der Waals surface area (Å²) in [7, 11) is 0. The molecule has 0 radical (unpaired) electrons. The van der Waals surface area contributed by atoms with Crippen LogP contribution in [0.25, 0.3) is 0 Å². The molecule has 0 saturated carbocycles.